The second kappa shape index (κ2) is 5.33. The fourth-order valence-corrected chi connectivity index (χ4v) is 3.47. The van der Waals surface area contributed by atoms with Gasteiger partial charge in [0.25, 0.3) is 0 Å². The second-order valence-corrected chi connectivity index (χ2v) is 6.58. The van der Waals surface area contributed by atoms with Crippen molar-refractivity contribution in [2.45, 2.75) is 57.3 Å². The van der Waals surface area contributed by atoms with Crippen molar-refractivity contribution < 1.29 is 18.3 Å². The van der Waals surface area contributed by atoms with E-state index < -0.39 is 17.7 Å². The topological polar surface area (TPSA) is 38.0 Å². The molecule has 1 saturated carbocycles. The van der Waals surface area contributed by atoms with Crippen LogP contribution in [0.25, 0.3) is 0 Å². The van der Waals surface area contributed by atoms with E-state index >= 15 is 0 Å². The van der Waals surface area contributed by atoms with Gasteiger partial charge in [0, 0.05) is 6.04 Å². The fraction of sp³-hybridized carbons (Fsp3) is 0.769. The number of nitrogens with zero attached hydrogens (tertiary/aromatic N) is 2. The summed E-state index contributed by atoms with van der Waals surface area (Å²) in [4.78, 5) is 0. The van der Waals surface area contributed by atoms with Gasteiger partial charge in [-0.25, -0.2) is 0 Å². The Balaban J connectivity index is 2.24. The Hall–Kier alpha value is -0.560. The molecular weight excluding hydrogens is 337 g/mol. The van der Waals surface area contributed by atoms with Gasteiger partial charge in [-0.1, -0.05) is 0 Å². The molecule has 2 rings (SSSR count). The van der Waals surface area contributed by atoms with Gasteiger partial charge in [-0.05, 0) is 55.5 Å². The normalized spacial score (nSPS) is 28.1. The average molecular weight is 355 g/mol. The standard InChI is InChI=1S/C13H18BrF3N2O/c1-8(2)19-11(10(14)7-18-19)12(20)5-3-9(4-6-12)13(15,16)17/h7-9,20H,3-6H2,1-2H3. The second-order valence-electron chi connectivity index (χ2n) is 5.73. The van der Waals surface area contributed by atoms with Crippen LogP contribution in [0, 0.1) is 5.92 Å². The van der Waals surface area contributed by atoms with Crippen LogP contribution in [-0.2, 0) is 5.60 Å². The third-order valence-electron chi connectivity index (χ3n) is 3.96. The lowest BCUT2D eigenvalue weighted by atomic mass is 9.76. The van der Waals surface area contributed by atoms with Crippen LogP contribution in [0.3, 0.4) is 0 Å². The van der Waals surface area contributed by atoms with Gasteiger partial charge in [-0.2, -0.15) is 18.3 Å². The molecule has 1 heterocycles. The molecule has 0 saturated heterocycles. The van der Waals surface area contributed by atoms with Gasteiger partial charge in [-0.15, -0.1) is 0 Å². The highest BCUT2D eigenvalue weighted by atomic mass is 79.9. The summed E-state index contributed by atoms with van der Waals surface area (Å²) < 4.78 is 40.5. The van der Waals surface area contributed by atoms with Crippen LogP contribution in [0.5, 0.6) is 0 Å². The Morgan fingerprint density at radius 1 is 1.40 bits per heavy atom. The molecule has 0 atom stereocenters. The molecule has 0 aromatic carbocycles. The molecule has 1 aliphatic carbocycles. The van der Waals surface area contributed by atoms with Crippen molar-refractivity contribution in [3.8, 4) is 0 Å². The molecule has 1 aromatic heterocycles. The minimum Gasteiger partial charge on any atom is -0.384 e. The Morgan fingerprint density at radius 3 is 2.40 bits per heavy atom. The highest BCUT2D eigenvalue weighted by Crippen LogP contribution is 2.46. The zero-order valence-electron chi connectivity index (χ0n) is 11.4. The number of halogens is 4. The Morgan fingerprint density at radius 2 is 1.95 bits per heavy atom. The Kier molecular flexibility index (Phi) is 4.22. The molecule has 0 radical (unpaired) electrons. The van der Waals surface area contributed by atoms with Gasteiger partial charge in [0.05, 0.1) is 22.3 Å². The number of aliphatic hydroxyl groups is 1. The molecule has 0 bridgehead atoms. The Bertz CT molecular complexity index is 476. The first-order chi connectivity index (χ1) is 9.15. The monoisotopic (exact) mass is 354 g/mol. The largest absolute Gasteiger partial charge is 0.391 e. The maximum atomic E-state index is 12.7. The summed E-state index contributed by atoms with van der Waals surface area (Å²) in [7, 11) is 0. The van der Waals surface area contributed by atoms with Crippen molar-refractivity contribution in [2.75, 3.05) is 0 Å². The number of hydrogen-bond donors (Lipinski definition) is 1. The van der Waals surface area contributed by atoms with Crippen LogP contribution in [0.2, 0.25) is 0 Å². The SMILES string of the molecule is CC(C)n1ncc(Br)c1C1(O)CCC(C(F)(F)F)CC1. The molecule has 0 aliphatic heterocycles. The van der Waals surface area contributed by atoms with Crippen LogP contribution < -0.4 is 0 Å². The predicted molar refractivity (Wildman–Crippen MR) is 72.2 cm³/mol. The first kappa shape index (κ1) is 15.8. The van der Waals surface area contributed by atoms with Gasteiger partial charge in [0.1, 0.15) is 5.60 Å². The highest BCUT2D eigenvalue weighted by molar-refractivity contribution is 9.10. The number of rotatable bonds is 2. The molecule has 1 aliphatic rings. The van der Waals surface area contributed by atoms with Crippen LogP contribution >= 0.6 is 15.9 Å². The summed E-state index contributed by atoms with van der Waals surface area (Å²) >= 11 is 3.35. The van der Waals surface area contributed by atoms with E-state index in [-0.39, 0.29) is 31.7 Å². The first-order valence-electron chi connectivity index (χ1n) is 6.68. The lowest BCUT2D eigenvalue weighted by Gasteiger charge is -2.37. The molecule has 0 amide bonds. The van der Waals surface area contributed by atoms with E-state index in [2.05, 4.69) is 21.0 Å². The lowest BCUT2D eigenvalue weighted by molar-refractivity contribution is -0.193. The molecule has 3 nitrogen and oxygen atoms in total. The maximum Gasteiger partial charge on any atom is 0.391 e. The summed E-state index contributed by atoms with van der Waals surface area (Å²) in [6.07, 6.45) is -2.46. The number of aromatic nitrogens is 2. The number of alkyl halides is 3. The van der Waals surface area contributed by atoms with Gasteiger partial charge in [-0.3, -0.25) is 4.68 Å². The van der Waals surface area contributed by atoms with E-state index in [1.54, 1.807) is 10.9 Å². The van der Waals surface area contributed by atoms with Crippen molar-refractivity contribution in [1.82, 2.24) is 9.78 Å². The van der Waals surface area contributed by atoms with E-state index in [9.17, 15) is 18.3 Å². The summed E-state index contributed by atoms with van der Waals surface area (Å²) in [5.74, 6) is -1.31. The van der Waals surface area contributed by atoms with Gasteiger partial charge in [0.2, 0.25) is 0 Å². The molecule has 1 N–H and O–H groups in total. The van der Waals surface area contributed by atoms with Crippen molar-refractivity contribution in [2.24, 2.45) is 5.92 Å². The maximum absolute atomic E-state index is 12.7. The summed E-state index contributed by atoms with van der Waals surface area (Å²) in [5.41, 5.74) is -0.644. The minimum absolute atomic E-state index is 0.0423. The van der Waals surface area contributed by atoms with Gasteiger partial charge in [0.15, 0.2) is 0 Å². The highest BCUT2D eigenvalue weighted by Gasteiger charge is 2.47. The molecule has 7 heteroatoms. The minimum atomic E-state index is -4.17. The fourth-order valence-electron chi connectivity index (χ4n) is 2.83. The summed E-state index contributed by atoms with van der Waals surface area (Å²) in [6.45, 7) is 3.85. The van der Waals surface area contributed by atoms with Crippen LogP contribution in [0.1, 0.15) is 51.3 Å². The molecular formula is C13H18BrF3N2O. The van der Waals surface area contributed by atoms with Crippen LogP contribution in [0.15, 0.2) is 10.7 Å². The van der Waals surface area contributed by atoms with Crippen molar-refractivity contribution in [1.29, 1.82) is 0 Å². The summed E-state index contributed by atoms with van der Waals surface area (Å²) in [5, 5.41) is 15.0. The number of hydrogen-bond acceptors (Lipinski definition) is 2. The Labute approximate surface area is 124 Å². The zero-order valence-corrected chi connectivity index (χ0v) is 13.0. The molecule has 1 aromatic rings. The van der Waals surface area contributed by atoms with Gasteiger partial charge >= 0.3 is 6.18 Å². The zero-order chi connectivity index (χ0) is 15.1. The smallest absolute Gasteiger partial charge is 0.384 e. The van der Waals surface area contributed by atoms with E-state index in [1.165, 1.54) is 0 Å². The molecule has 20 heavy (non-hydrogen) atoms. The van der Waals surface area contributed by atoms with E-state index in [4.69, 9.17) is 0 Å². The molecule has 0 unspecified atom stereocenters. The van der Waals surface area contributed by atoms with Crippen molar-refractivity contribution in [3.63, 3.8) is 0 Å². The first-order valence-corrected chi connectivity index (χ1v) is 7.47. The van der Waals surface area contributed by atoms with Crippen molar-refractivity contribution >= 4 is 15.9 Å². The van der Waals surface area contributed by atoms with E-state index in [0.29, 0.717) is 10.2 Å². The lowest BCUT2D eigenvalue weighted by Crippen LogP contribution is -2.38. The third-order valence-corrected chi connectivity index (χ3v) is 4.54. The molecule has 0 spiro atoms. The molecule has 1 fully saturated rings. The molecule has 114 valence electrons. The summed E-state index contributed by atoms with van der Waals surface area (Å²) in [6, 6.07) is 0.0423. The predicted octanol–water partition coefficient (Wildman–Crippen LogP) is 4.17. The third kappa shape index (κ3) is 2.88. The quantitative estimate of drug-likeness (QED) is 0.865. The van der Waals surface area contributed by atoms with E-state index in [1.807, 2.05) is 13.8 Å². The van der Waals surface area contributed by atoms with Crippen LogP contribution in [-0.4, -0.2) is 21.1 Å². The van der Waals surface area contributed by atoms with E-state index in [0.717, 1.165) is 0 Å². The van der Waals surface area contributed by atoms with Crippen molar-refractivity contribution in [3.05, 3.63) is 16.4 Å². The van der Waals surface area contributed by atoms with Crippen LogP contribution in [0.4, 0.5) is 13.2 Å². The average Bonchev–Trinajstić information content (AvgIpc) is 2.71. The van der Waals surface area contributed by atoms with Gasteiger partial charge < -0.3 is 5.11 Å².